The third-order valence-electron chi connectivity index (χ3n) is 3.20. The van der Waals surface area contributed by atoms with Crippen molar-refractivity contribution in [3.63, 3.8) is 0 Å². The molecule has 90 valence electrons. The second kappa shape index (κ2) is 5.31. The van der Waals surface area contributed by atoms with Gasteiger partial charge in [0.25, 0.3) is 0 Å². The van der Waals surface area contributed by atoms with Crippen LogP contribution in [-0.4, -0.2) is 36.1 Å². The lowest BCUT2D eigenvalue weighted by Crippen LogP contribution is -2.46. The van der Waals surface area contributed by atoms with E-state index in [1.165, 1.54) is 32.5 Å². The molecular weight excluding hydrogens is 184 g/mol. The average molecular weight is 212 g/mol. The maximum atomic E-state index is 3.62. The molecule has 1 saturated heterocycles. The fourth-order valence-corrected chi connectivity index (χ4v) is 2.18. The highest BCUT2D eigenvalue weighted by molar-refractivity contribution is 4.79. The molecular formula is C13H28N2. The molecule has 0 saturated carbocycles. The first kappa shape index (κ1) is 13.0. The van der Waals surface area contributed by atoms with Gasteiger partial charge < -0.3 is 10.2 Å². The van der Waals surface area contributed by atoms with E-state index in [0.29, 0.717) is 6.04 Å². The average Bonchev–Trinajstić information content (AvgIpc) is 2.14. The number of piperidine rings is 1. The number of hydrogen-bond acceptors (Lipinski definition) is 2. The van der Waals surface area contributed by atoms with Crippen molar-refractivity contribution in [2.75, 3.05) is 19.6 Å². The maximum absolute atomic E-state index is 3.62. The normalized spacial score (nSPS) is 24.8. The van der Waals surface area contributed by atoms with Crippen LogP contribution in [0, 0.1) is 5.92 Å². The summed E-state index contributed by atoms with van der Waals surface area (Å²) in [6.07, 6.45) is 2.76. The minimum atomic E-state index is 0.264. The van der Waals surface area contributed by atoms with Crippen LogP contribution in [0.4, 0.5) is 0 Å². The van der Waals surface area contributed by atoms with Gasteiger partial charge in [-0.3, -0.25) is 0 Å². The van der Waals surface area contributed by atoms with E-state index in [0.717, 1.165) is 5.92 Å². The predicted octanol–water partition coefficient (Wildman–Crippen LogP) is 2.49. The molecule has 0 radical (unpaired) electrons. The summed E-state index contributed by atoms with van der Waals surface area (Å²) in [6.45, 7) is 15.1. The second-order valence-electron chi connectivity index (χ2n) is 6.23. The van der Waals surface area contributed by atoms with Crippen molar-refractivity contribution in [1.82, 2.24) is 10.2 Å². The zero-order chi connectivity index (χ0) is 11.5. The van der Waals surface area contributed by atoms with E-state index in [4.69, 9.17) is 0 Å². The third-order valence-corrected chi connectivity index (χ3v) is 3.20. The predicted molar refractivity (Wildman–Crippen MR) is 67.2 cm³/mol. The van der Waals surface area contributed by atoms with Crippen LogP contribution in [0.3, 0.4) is 0 Å². The molecule has 1 unspecified atom stereocenters. The van der Waals surface area contributed by atoms with E-state index in [9.17, 15) is 0 Å². The summed E-state index contributed by atoms with van der Waals surface area (Å²) >= 11 is 0. The summed E-state index contributed by atoms with van der Waals surface area (Å²) < 4.78 is 0. The first-order valence-electron chi connectivity index (χ1n) is 6.37. The van der Waals surface area contributed by atoms with Gasteiger partial charge in [-0.15, -0.1) is 0 Å². The van der Waals surface area contributed by atoms with Crippen LogP contribution in [0.5, 0.6) is 0 Å². The van der Waals surface area contributed by atoms with E-state index in [2.05, 4.69) is 44.8 Å². The summed E-state index contributed by atoms with van der Waals surface area (Å²) in [5, 5.41) is 3.62. The van der Waals surface area contributed by atoms with Crippen molar-refractivity contribution in [2.45, 2.75) is 59.0 Å². The minimum absolute atomic E-state index is 0.264. The van der Waals surface area contributed by atoms with Crippen molar-refractivity contribution in [2.24, 2.45) is 5.92 Å². The van der Waals surface area contributed by atoms with Gasteiger partial charge in [-0.25, -0.2) is 0 Å². The van der Waals surface area contributed by atoms with E-state index < -0.39 is 0 Å². The van der Waals surface area contributed by atoms with E-state index in [-0.39, 0.29) is 5.54 Å². The summed E-state index contributed by atoms with van der Waals surface area (Å²) in [5.41, 5.74) is 0.264. The van der Waals surface area contributed by atoms with Gasteiger partial charge in [0, 0.05) is 18.1 Å². The van der Waals surface area contributed by atoms with Gasteiger partial charge in [0.2, 0.25) is 0 Å². The molecule has 0 spiro atoms. The van der Waals surface area contributed by atoms with Crippen LogP contribution in [0.2, 0.25) is 0 Å². The molecule has 1 fully saturated rings. The molecule has 0 amide bonds. The Labute approximate surface area is 95.4 Å². The van der Waals surface area contributed by atoms with Crippen molar-refractivity contribution in [3.05, 3.63) is 0 Å². The number of likely N-dealkylation sites (tertiary alicyclic amines) is 1. The first-order chi connectivity index (χ1) is 6.88. The van der Waals surface area contributed by atoms with Crippen molar-refractivity contribution >= 4 is 0 Å². The summed E-state index contributed by atoms with van der Waals surface area (Å²) in [7, 11) is 0. The van der Waals surface area contributed by atoms with Gasteiger partial charge in [0.1, 0.15) is 0 Å². The zero-order valence-electron chi connectivity index (χ0n) is 11.1. The Kier molecular flexibility index (Phi) is 4.60. The van der Waals surface area contributed by atoms with Gasteiger partial charge in [-0.1, -0.05) is 0 Å². The lowest BCUT2D eigenvalue weighted by molar-refractivity contribution is 0.134. The largest absolute Gasteiger partial charge is 0.312 e. The fraction of sp³-hybridized carbons (Fsp3) is 1.00. The molecule has 1 heterocycles. The zero-order valence-corrected chi connectivity index (χ0v) is 11.1. The second-order valence-corrected chi connectivity index (χ2v) is 6.23. The topological polar surface area (TPSA) is 15.3 Å². The molecule has 1 rings (SSSR count). The van der Waals surface area contributed by atoms with Crippen LogP contribution >= 0.6 is 0 Å². The van der Waals surface area contributed by atoms with Crippen LogP contribution in [0.1, 0.15) is 47.5 Å². The highest BCUT2D eigenvalue weighted by Crippen LogP contribution is 2.18. The molecule has 0 aliphatic carbocycles. The number of hydrogen-bond donors (Lipinski definition) is 1. The fourth-order valence-electron chi connectivity index (χ4n) is 2.18. The molecule has 0 aromatic heterocycles. The van der Waals surface area contributed by atoms with Gasteiger partial charge in [0.05, 0.1) is 0 Å². The molecule has 15 heavy (non-hydrogen) atoms. The summed E-state index contributed by atoms with van der Waals surface area (Å²) in [6, 6.07) is 0.711. The van der Waals surface area contributed by atoms with Crippen LogP contribution in [0.15, 0.2) is 0 Å². The van der Waals surface area contributed by atoms with Crippen LogP contribution in [-0.2, 0) is 0 Å². The minimum Gasteiger partial charge on any atom is -0.312 e. The summed E-state index contributed by atoms with van der Waals surface area (Å²) in [5.74, 6) is 0.848. The molecule has 1 N–H and O–H groups in total. The molecule has 1 aliphatic heterocycles. The van der Waals surface area contributed by atoms with Crippen LogP contribution in [0.25, 0.3) is 0 Å². The Balaban J connectivity index is 2.30. The maximum Gasteiger partial charge on any atom is 0.00966 e. The van der Waals surface area contributed by atoms with Gasteiger partial charge in [0.15, 0.2) is 0 Å². The van der Waals surface area contributed by atoms with E-state index in [1.54, 1.807) is 0 Å². The van der Waals surface area contributed by atoms with Crippen molar-refractivity contribution < 1.29 is 0 Å². The Morgan fingerprint density at radius 3 is 2.53 bits per heavy atom. The standard InChI is InChI=1S/C13H28N2/c1-11(2)15-8-6-7-12(10-15)9-14-13(3,4)5/h11-12,14H,6-10H2,1-5H3. The molecule has 2 nitrogen and oxygen atoms in total. The van der Waals surface area contributed by atoms with E-state index >= 15 is 0 Å². The molecule has 0 aromatic rings. The Bertz CT molecular complexity index is 181. The first-order valence-corrected chi connectivity index (χ1v) is 6.37. The van der Waals surface area contributed by atoms with Gasteiger partial charge in [-0.05, 0) is 66.5 Å². The lowest BCUT2D eigenvalue weighted by atomic mass is 9.96. The third kappa shape index (κ3) is 4.98. The monoisotopic (exact) mass is 212 g/mol. The Morgan fingerprint density at radius 1 is 1.33 bits per heavy atom. The van der Waals surface area contributed by atoms with Crippen molar-refractivity contribution in [3.8, 4) is 0 Å². The highest BCUT2D eigenvalue weighted by Gasteiger charge is 2.22. The SMILES string of the molecule is CC(C)N1CCCC(CNC(C)(C)C)C1. The molecule has 2 heteroatoms. The summed E-state index contributed by atoms with van der Waals surface area (Å²) in [4.78, 5) is 2.61. The van der Waals surface area contributed by atoms with Gasteiger partial charge in [-0.2, -0.15) is 0 Å². The molecule has 1 aliphatic rings. The highest BCUT2D eigenvalue weighted by atomic mass is 15.2. The molecule has 0 bridgehead atoms. The molecule has 0 aromatic carbocycles. The van der Waals surface area contributed by atoms with Gasteiger partial charge >= 0.3 is 0 Å². The lowest BCUT2D eigenvalue weighted by Gasteiger charge is -2.36. The van der Waals surface area contributed by atoms with Crippen LogP contribution < -0.4 is 5.32 Å². The number of nitrogens with zero attached hydrogens (tertiary/aromatic N) is 1. The van der Waals surface area contributed by atoms with E-state index in [1.807, 2.05) is 0 Å². The quantitative estimate of drug-likeness (QED) is 0.773. The Morgan fingerprint density at radius 2 is 2.00 bits per heavy atom. The molecule has 1 atom stereocenters. The number of nitrogens with one attached hydrogen (secondary N) is 1. The Hall–Kier alpha value is -0.0800. The van der Waals surface area contributed by atoms with Crippen molar-refractivity contribution in [1.29, 1.82) is 0 Å². The number of rotatable bonds is 3. The smallest absolute Gasteiger partial charge is 0.00966 e.